The van der Waals surface area contributed by atoms with Crippen LogP contribution < -0.4 is 4.90 Å². The Morgan fingerprint density at radius 1 is 1.10 bits per heavy atom. The van der Waals surface area contributed by atoms with Crippen LogP contribution in [0.15, 0.2) is 59.8 Å². The lowest BCUT2D eigenvalue weighted by Gasteiger charge is -2.28. The van der Waals surface area contributed by atoms with E-state index in [-0.39, 0.29) is 11.0 Å². The van der Waals surface area contributed by atoms with Gasteiger partial charge in [-0.15, -0.1) is 10.2 Å². The van der Waals surface area contributed by atoms with Crippen LogP contribution in [0.2, 0.25) is 5.02 Å². The van der Waals surface area contributed by atoms with Gasteiger partial charge in [-0.1, -0.05) is 53.7 Å². The minimum Gasteiger partial charge on any atom is -0.378 e. The number of Topliss-reactive ketones (excluding diaryl/α,β-unsaturated/α-hetero) is 1. The highest BCUT2D eigenvalue weighted by Crippen LogP contribution is 2.31. The van der Waals surface area contributed by atoms with Crippen LogP contribution in [-0.4, -0.2) is 52.1 Å². The third kappa shape index (κ3) is 4.47. The number of para-hydroxylation sites is 1. The van der Waals surface area contributed by atoms with Crippen LogP contribution in [0.4, 0.5) is 5.95 Å². The first-order valence-corrected chi connectivity index (χ1v) is 10.7. The molecular formula is C21H21ClN4O2S. The van der Waals surface area contributed by atoms with E-state index in [1.165, 1.54) is 11.8 Å². The fourth-order valence-electron chi connectivity index (χ4n) is 3.20. The third-order valence-electron chi connectivity index (χ3n) is 4.69. The Labute approximate surface area is 178 Å². The van der Waals surface area contributed by atoms with Crippen molar-refractivity contribution in [3.63, 3.8) is 0 Å². The fourth-order valence-corrected chi connectivity index (χ4v) is 4.33. The zero-order valence-corrected chi connectivity index (χ0v) is 17.6. The summed E-state index contributed by atoms with van der Waals surface area (Å²) in [4.78, 5) is 15.1. The summed E-state index contributed by atoms with van der Waals surface area (Å²) in [6, 6.07) is 17.0. The van der Waals surface area contributed by atoms with Crippen molar-refractivity contribution in [3.8, 4) is 5.69 Å². The number of anilines is 1. The number of halogens is 1. The highest BCUT2D eigenvalue weighted by Gasteiger charge is 2.25. The molecule has 1 saturated heterocycles. The van der Waals surface area contributed by atoms with E-state index in [2.05, 4.69) is 15.1 Å². The molecule has 4 rings (SSSR count). The molecule has 2 heterocycles. The molecule has 2 aromatic carbocycles. The Balaban J connectivity index is 1.64. The first-order chi connectivity index (χ1) is 14.1. The number of benzene rings is 2. The number of rotatable bonds is 6. The fraction of sp³-hybridized carbons (Fsp3) is 0.286. The number of aromatic nitrogens is 3. The molecule has 1 aliphatic rings. The molecule has 150 valence electrons. The summed E-state index contributed by atoms with van der Waals surface area (Å²) in [6.07, 6.45) is 0. The van der Waals surface area contributed by atoms with Crippen molar-refractivity contribution >= 4 is 35.1 Å². The number of ketones is 1. The number of morpholine rings is 1. The van der Waals surface area contributed by atoms with Crippen molar-refractivity contribution in [2.24, 2.45) is 0 Å². The normalized spacial score (nSPS) is 15.3. The minimum absolute atomic E-state index is 0.00744. The predicted molar refractivity (Wildman–Crippen MR) is 115 cm³/mol. The van der Waals surface area contributed by atoms with E-state index in [0.717, 1.165) is 24.7 Å². The van der Waals surface area contributed by atoms with Gasteiger partial charge < -0.3 is 9.64 Å². The largest absolute Gasteiger partial charge is 0.378 e. The maximum atomic E-state index is 12.9. The van der Waals surface area contributed by atoms with Gasteiger partial charge in [0.05, 0.1) is 24.2 Å². The summed E-state index contributed by atoms with van der Waals surface area (Å²) in [6.45, 7) is 4.72. The van der Waals surface area contributed by atoms with Gasteiger partial charge in [-0.3, -0.25) is 9.36 Å². The average Bonchev–Trinajstić information content (AvgIpc) is 3.18. The first-order valence-electron chi connectivity index (χ1n) is 9.43. The SMILES string of the molecule is CC(Sc1nnc(N2CCOCC2)n1-c1ccccc1)C(=O)c1cccc(Cl)c1. The zero-order chi connectivity index (χ0) is 20.2. The summed E-state index contributed by atoms with van der Waals surface area (Å²) in [5.41, 5.74) is 1.56. The minimum atomic E-state index is -0.335. The van der Waals surface area contributed by atoms with Gasteiger partial charge in [0.1, 0.15) is 0 Å². The lowest BCUT2D eigenvalue weighted by Crippen LogP contribution is -2.37. The molecule has 1 aromatic heterocycles. The summed E-state index contributed by atoms with van der Waals surface area (Å²) >= 11 is 7.44. The molecule has 29 heavy (non-hydrogen) atoms. The van der Waals surface area contributed by atoms with Crippen LogP contribution >= 0.6 is 23.4 Å². The second kappa shape index (κ2) is 8.98. The molecule has 0 saturated carbocycles. The Bertz CT molecular complexity index is 989. The second-order valence-electron chi connectivity index (χ2n) is 6.69. The van der Waals surface area contributed by atoms with Crippen molar-refractivity contribution in [2.75, 3.05) is 31.2 Å². The number of carbonyl (C=O) groups excluding carboxylic acids is 1. The number of carbonyl (C=O) groups is 1. The highest BCUT2D eigenvalue weighted by atomic mass is 35.5. The van der Waals surface area contributed by atoms with Gasteiger partial charge in [0.2, 0.25) is 5.95 Å². The molecule has 0 aliphatic carbocycles. The third-order valence-corrected chi connectivity index (χ3v) is 5.96. The van der Waals surface area contributed by atoms with Crippen molar-refractivity contribution in [1.29, 1.82) is 0 Å². The molecule has 8 heteroatoms. The van der Waals surface area contributed by atoms with Crippen LogP contribution in [0.25, 0.3) is 5.69 Å². The van der Waals surface area contributed by atoms with E-state index in [1.807, 2.05) is 41.8 Å². The lowest BCUT2D eigenvalue weighted by molar-refractivity contribution is 0.0994. The Kier molecular flexibility index (Phi) is 6.18. The number of hydrogen-bond donors (Lipinski definition) is 0. The molecule has 0 radical (unpaired) electrons. The Hall–Kier alpha value is -2.35. The molecule has 6 nitrogen and oxygen atoms in total. The van der Waals surface area contributed by atoms with Gasteiger partial charge in [-0.25, -0.2) is 0 Å². The van der Waals surface area contributed by atoms with Crippen LogP contribution in [0.1, 0.15) is 17.3 Å². The van der Waals surface area contributed by atoms with Crippen LogP contribution in [0, 0.1) is 0 Å². The molecule has 0 spiro atoms. The van der Waals surface area contributed by atoms with E-state index in [4.69, 9.17) is 16.3 Å². The van der Waals surface area contributed by atoms with Gasteiger partial charge in [-0.2, -0.15) is 0 Å². The molecule has 1 aliphatic heterocycles. The molecule has 0 bridgehead atoms. The van der Waals surface area contributed by atoms with Crippen molar-refractivity contribution in [1.82, 2.24) is 14.8 Å². The summed E-state index contributed by atoms with van der Waals surface area (Å²) in [7, 11) is 0. The van der Waals surface area contributed by atoms with Gasteiger partial charge in [0.25, 0.3) is 0 Å². The molecule has 1 fully saturated rings. The average molecular weight is 429 g/mol. The smallest absolute Gasteiger partial charge is 0.232 e. The lowest BCUT2D eigenvalue weighted by atomic mass is 10.1. The molecule has 0 amide bonds. The van der Waals surface area contributed by atoms with Gasteiger partial charge in [0.15, 0.2) is 10.9 Å². The van der Waals surface area contributed by atoms with Gasteiger partial charge in [0, 0.05) is 23.7 Å². The summed E-state index contributed by atoms with van der Waals surface area (Å²) in [5.74, 6) is 0.775. The maximum Gasteiger partial charge on any atom is 0.232 e. The molecule has 1 unspecified atom stereocenters. The quantitative estimate of drug-likeness (QED) is 0.434. The van der Waals surface area contributed by atoms with E-state index in [9.17, 15) is 4.79 Å². The van der Waals surface area contributed by atoms with Gasteiger partial charge >= 0.3 is 0 Å². The highest BCUT2D eigenvalue weighted by molar-refractivity contribution is 8.00. The topological polar surface area (TPSA) is 60.2 Å². The van der Waals surface area contributed by atoms with Crippen LogP contribution in [0.5, 0.6) is 0 Å². The monoisotopic (exact) mass is 428 g/mol. The van der Waals surface area contributed by atoms with Crippen molar-refractivity contribution < 1.29 is 9.53 Å². The molecule has 0 N–H and O–H groups in total. The van der Waals surface area contributed by atoms with Gasteiger partial charge in [-0.05, 0) is 31.2 Å². The predicted octanol–water partition coefficient (Wildman–Crippen LogP) is 4.12. The molecular weight excluding hydrogens is 408 g/mol. The van der Waals surface area contributed by atoms with Crippen molar-refractivity contribution in [2.45, 2.75) is 17.3 Å². The number of thioether (sulfide) groups is 1. The zero-order valence-electron chi connectivity index (χ0n) is 16.0. The maximum absolute atomic E-state index is 12.9. The first kappa shape index (κ1) is 19.9. The molecule has 3 aromatic rings. The van der Waals surface area contributed by atoms with E-state index >= 15 is 0 Å². The second-order valence-corrected chi connectivity index (χ2v) is 8.43. The number of nitrogens with zero attached hydrogens (tertiary/aromatic N) is 4. The molecule has 1 atom stereocenters. The summed E-state index contributed by atoms with van der Waals surface area (Å²) < 4.78 is 7.48. The van der Waals surface area contributed by atoms with E-state index < -0.39 is 0 Å². The van der Waals surface area contributed by atoms with Crippen molar-refractivity contribution in [3.05, 3.63) is 65.2 Å². The Morgan fingerprint density at radius 2 is 1.86 bits per heavy atom. The Morgan fingerprint density at radius 3 is 2.59 bits per heavy atom. The number of hydrogen-bond acceptors (Lipinski definition) is 6. The standard InChI is InChI=1S/C21H21ClN4O2S/c1-15(19(27)16-6-5-7-17(22)14-16)29-21-24-23-20(25-10-12-28-13-11-25)26(21)18-8-3-2-4-9-18/h2-9,14-15H,10-13H2,1H3. The van der Waals surface area contributed by atoms with Crippen LogP contribution in [-0.2, 0) is 4.74 Å². The summed E-state index contributed by atoms with van der Waals surface area (Å²) in [5, 5.41) is 9.76. The van der Waals surface area contributed by atoms with Crippen LogP contribution in [0.3, 0.4) is 0 Å². The van der Waals surface area contributed by atoms with E-state index in [0.29, 0.717) is 29.0 Å². The van der Waals surface area contributed by atoms with E-state index in [1.54, 1.807) is 24.3 Å². The number of ether oxygens (including phenoxy) is 1.